The Balaban J connectivity index is 1.73. The Labute approximate surface area is 143 Å². The van der Waals surface area contributed by atoms with Crippen LogP contribution in [0.5, 0.6) is 5.75 Å². The molecule has 0 radical (unpaired) electrons. The van der Waals surface area contributed by atoms with E-state index in [0.29, 0.717) is 22.4 Å². The molecule has 1 N–H and O–H groups in total. The molecule has 0 aliphatic heterocycles. The summed E-state index contributed by atoms with van der Waals surface area (Å²) in [4.78, 5) is 16.4. The predicted molar refractivity (Wildman–Crippen MR) is 88.9 cm³/mol. The van der Waals surface area contributed by atoms with E-state index in [1.807, 2.05) is 30.3 Å². The van der Waals surface area contributed by atoms with Crippen molar-refractivity contribution in [1.82, 2.24) is 4.98 Å². The molecule has 0 saturated carbocycles. The summed E-state index contributed by atoms with van der Waals surface area (Å²) in [7, 11) is 0. The van der Waals surface area contributed by atoms with Crippen LogP contribution in [0.3, 0.4) is 0 Å². The number of nitrogens with zero attached hydrogens (tertiary/aromatic N) is 1. The number of oxazole rings is 1. The van der Waals surface area contributed by atoms with Crippen LogP contribution in [0.4, 0.5) is 0 Å². The van der Waals surface area contributed by atoms with Gasteiger partial charge in [0.05, 0.1) is 0 Å². The summed E-state index contributed by atoms with van der Waals surface area (Å²) in [6.07, 6.45) is 0. The molecule has 0 amide bonds. The van der Waals surface area contributed by atoms with Crippen molar-refractivity contribution in [2.75, 3.05) is 0 Å². The van der Waals surface area contributed by atoms with Crippen LogP contribution in [-0.2, 0) is 11.3 Å². The fourth-order valence-corrected chi connectivity index (χ4v) is 2.32. The van der Waals surface area contributed by atoms with E-state index in [1.165, 1.54) is 18.2 Å². The Bertz CT molecular complexity index is 874. The number of phenolic OH excluding ortho intramolecular Hbond substituents is 1. The summed E-state index contributed by atoms with van der Waals surface area (Å²) in [5.74, 6) is 0.151. The van der Waals surface area contributed by atoms with E-state index in [-0.39, 0.29) is 17.9 Å². The summed E-state index contributed by atoms with van der Waals surface area (Å²) in [6, 6.07) is 13.6. The Kier molecular flexibility index (Phi) is 4.53. The molecule has 3 aromatic rings. The molecule has 0 bridgehead atoms. The van der Waals surface area contributed by atoms with Crippen molar-refractivity contribution < 1.29 is 19.1 Å². The number of hydrogen-bond donors (Lipinski definition) is 1. The van der Waals surface area contributed by atoms with Crippen molar-refractivity contribution in [3.05, 3.63) is 70.6 Å². The van der Waals surface area contributed by atoms with E-state index < -0.39 is 5.97 Å². The highest BCUT2D eigenvalue weighted by Crippen LogP contribution is 2.24. The third kappa shape index (κ3) is 3.41. The van der Waals surface area contributed by atoms with Crippen LogP contribution in [0.25, 0.3) is 11.5 Å². The van der Waals surface area contributed by atoms with E-state index >= 15 is 0 Å². The van der Waals surface area contributed by atoms with Crippen LogP contribution >= 0.6 is 11.6 Å². The molecule has 0 fully saturated rings. The van der Waals surface area contributed by atoms with Gasteiger partial charge in [-0.3, -0.25) is 0 Å². The molecule has 2 aromatic carbocycles. The first kappa shape index (κ1) is 16.1. The minimum absolute atomic E-state index is 0.0452. The number of benzene rings is 2. The van der Waals surface area contributed by atoms with Gasteiger partial charge in [0.2, 0.25) is 5.89 Å². The molecule has 1 aromatic heterocycles. The van der Waals surface area contributed by atoms with Crippen molar-refractivity contribution in [2.24, 2.45) is 0 Å². The van der Waals surface area contributed by atoms with Crippen LogP contribution in [0.15, 0.2) is 52.9 Å². The van der Waals surface area contributed by atoms with Crippen LogP contribution < -0.4 is 0 Å². The molecule has 1 heterocycles. The number of carbonyl (C=O) groups excluding carboxylic acids is 1. The molecule has 0 spiro atoms. The minimum Gasteiger partial charge on any atom is -0.507 e. The van der Waals surface area contributed by atoms with Crippen molar-refractivity contribution in [2.45, 2.75) is 13.5 Å². The van der Waals surface area contributed by atoms with Gasteiger partial charge >= 0.3 is 5.97 Å². The number of carbonyl (C=O) groups is 1. The third-order valence-corrected chi connectivity index (χ3v) is 3.67. The van der Waals surface area contributed by atoms with Crippen LogP contribution in [0.1, 0.15) is 21.8 Å². The van der Waals surface area contributed by atoms with Gasteiger partial charge in [-0.25, -0.2) is 9.78 Å². The summed E-state index contributed by atoms with van der Waals surface area (Å²) >= 11 is 5.74. The molecular weight excluding hydrogens is 330 g/mol. The maximum atomic E-state index is 12.1. The molecule has 0 aliphatic carbocycles. The monoisotopic (exact) mass is 343 g/mol. The maximum Gasteiger partial charge on any atom is 0.342 e. The lowest BCUT2D eigenvalue weighted by molar-refractivity contribution is 0.0463. The largest absolute Gasteiger partial charge is 0.507 e. The van der Waals surface area contributed by atoms with Gasteiger partial charge in [0.1, 0.15) is 29.4 Å². The second-order valence-electron chi connectivity index (χ2n) is 5.13. The molecule has 122 valence electrons. The van der Waals surface area contributed by atoms with Gasteiger partial charge in [-0.1, -0.05) is 29.8 Å². The van der Waals surface area contributed by atoms with Gasteiger partial charge in [-0.15, -0.1) is 0 Å². The highest BCUT2D eigenvalue weighted by atomic mass is 35.5. The summed E-state index contributed by atoms with van der Waals surface area (Å²) in [6.45, 7) is 1.70. The van der Waals surface area contributed by atoms with Crippen molar-refractivity contribution >= 4 is 17.6 Å². The van der Waals surface area contributed by atoms with Crippen LogP contribution in [0, 0.1) is 6.92 Å². The normalized spacial score (nSPS) is 10.6. The average molecular weight is 344 g/mol. The summed E-state index contributed by atoms with van der Waals surface area (Å²) in [5, 5.41) is 10.1. The lowest BCUT2D eigenvalue weighted by atomic mass is 10.2. The van der Waals surface area contributed by atoms with Gasteiger partial charge in [-0.2, -0.15) is 0 Å². The number of rotatable bonds is 4. The molecule has 0 saturated heterocycles. The van der Waals surface area contributed by atoms with E-state index in [1.54, 1.807) is 6.92 Å². The second-order valence-corrected chi connectivity index (χ2v) is 5.56. The molecule has 0 atom stereocenters. The number of phenols is 1. The minimum atomic E-state index is -0.659. The third-order valence-electron chi connectivity index (χ3n) is 3.43. The first-order chi connectivity index (χ1) is 11.5. The number of hydrogen-bond acceptors (Lipinski definition) is 5. The Morgan fingerprint density at radius 3 is 2.71 bits per heavy atom. The van der Waals surface area contributed by atoms with Gasteiger partial charge in [-0.05, 0) is 37.3 Å². The van der Waals surface area contributed by atoms with Gasteiger partial charge in [0.25, 0.3) is 0 Å². The predicted octanol–water partition coefficient (Wildman–Crippen LogP) is 4.37. The highest BCUT2D eigenvalue weighted by Gasteiger charge is 2.16. The Morgan fingerprint density at radius 1 is 1.25 bits per heavy atom. The topological polar surface area (TPSA) is 72.6 Å². The number of aromatic nitrogens is 1. The van der Waals surface area contributed by atoms with E-state index in [0.717, 1.165) is 5.56 Å². The Morgan fingerprint density at radius 2 is 2.00 bits per heavy atom. The molecule has 24 heavy (non-hydrogen) atoms. The van der Waals surface area contributed by atoms with Gasteiger partial charge in [0, 0.05) is 10.6 Å². The van der Waals surface area contributed by atoms with E-state index in [4.69, 9.17) is 20.8 Å². The SMILES string of the molecule is Cc1oc(-c2ccccc2)nc1COC(=O)c1ccc(Cl)cc1O. The average Bonchev–Trinajstić information content (AvgIpc) is 2.94. The fraction of sp³-hybridized carbons (Fsp3) is 0.111. The highest BCUT2D eigenvalue weighted by molar-refractivity contribution is 6.30. The van der Waals surface area contributed by atoms with Crippen LogP contribution in [-0.4, -0.2) is 16.1 Å². The number of aryl methyl sites for hydroxylation is 1. The van der Waals surface area contributed by atoms with E-state index in [2.05, 4.69) is 4.98 Å². The molecular formula is C18H14ClNO4. The van der Waals surface area contributed by atoms with E-state index in [9.17, 15) is 9.90 Å². The molecule has 5 nitrogen and oxygen atoms in total. The lowest BCUT2D eigenvalue weighted by Crippen LogP contribution is -2.06. The molecule has 6 heteroatoms. The van der Waals surface area contributed by atoms with Crippen molar-refractivity contribution in [3.8, 4) is 17.2 Å². The lowest BCUT2D eigenvalue weighted by Gasteiger charge is -2.05. The first-order valence-corrected chi connectivity index (χ1v) is 7.60. The first-order valence-electron chi connectivity index (χ1n) is 7.22. The van der Waals surface area contributed by atoms with Gasteiger partial charge in [0.15, 0.2) is 0 Å². The van der Waals surface area contributed by atoms with Crippen LogP contribution in [0.2, 0.25) is 5.02 Å². The summed E-state index contributed by atoms with van der Waals surface area (Å²) in [5.41, 5.74) is 1.41. The van der Waals surface area contributed by atoms with Gasteiger partial charge < -0.3 is 14.3 Å². The van der Waals surface area contributed by atoms with Crippen molar-refractivity contribution in [3.63, 3.8) is 0 Å². The zero-order chi connectivity index (χ0) is 17.1. The number of halogens is 1. The summed E-state index contributed by atoms with van der Waals surface area (Å²) < 4.78 is 10.8. The fourth-order valence-electron chi connectivity index (χ4n) is 2.16. The second kappa shape index (κ2) is 6.76. The zero-order valence-corrected chi connectivity index (χ0v) is 13.6. The zero-order valence-electron chi connectivity index (χ0n) is 12.8. The molecule has 0 unspecified atom stereocenters. The van der Waals surface area contributed by atoms with Crippen molar-refractivity contribution in [1.29, 1.82) is 0 Å². The molecule has 3 rings (SSSR count). The Hall–Kier alpha value is -2.79. The quantitative estimate of drug-likeness (QED) is 0.712. The number of esters is 1. The smallest absolute Gasteiger partial charge is 0.342 e. The number of aromatic hydroxyl groups is 1. The maximum absolute atomic E-state index is 12.1. The number of ether oxygens (including phenoxy) is 1. The molecule has 0 aliphatic rings. The standard InChI is InChI=1S/C18H14ClNO4/c1-11-15(20-17(24-11)12-5-3-2-4-6-12)10-23-18(22)14-8-7-13(19)9-16(14)21/h2-9,21H,10H2,1H3.